The van der Waals surface area contributed by atoms with Crippen LogP contribution in [0.2, 0.25) is 0 Å². The number of carbonyl (C=O) groups is 1. The molecule has 1 fully saturated rings. The summed E-state index contributed by atoms with van der Waals surface area (Å²) < 4.78 is 10.5. The van der Waals surface area contributed by atoms with Crippen LogP contribution in [0.5, 0.6) is 0 Å². The van der Waals surface area contributed by atoms with Crippen molar-refractivity contribution in [3.05, 3.63) is 0 Å². The molecule has 0 aromatic carbocycles. The second kappa shape index (κ2) is 6.44. The molecule has 0 spiro atoms. The maximum absolute atomic E-state index is 10.4. The zero-order valence-electron chi connectivity index (χ0n) is 10.4. The molecule has 0 radical (unpaired) electrons. The van der Waals surface area contributed by atoms with E-state index < -0.39 is 49.2 Å². The van der Waals surface area contributed by atoms with E-state index >= 15 is 0 Å². The van der Waals surface area contributed by atoms with Gasteiger partial charge < -0.3 is 29.9 Å². The van der Waals surface area contributed by atoms with E-state index in [1.54, 1.807) is 6.92 Å². The molecule has 1 heterocycles. The van der Waals surface area contributed by atoms with Gasteiger partial charge in [-0.05, 0) is 13.8 Å². The Morgan fingerprint density at radius 3 is 2.61 bits per heavy atom. The average Bonchev–Trinajstić information content (AvgIpc) is 2.24. The van der Waals surface area contributed by atoms with Crippen molar-refractivity contribution in [2.45, 2.75) is 63.5 Å². The normalized spacial score (nSPS) is 36.1. The minimum absolute atomic E-state index is 0.119. The van der Waals surface area contributed by atoms with Gasteiger partial charge in [-0.2, -0.15) is 0 Å². The van der Waals surface area contributed by atoms with E-state index in [4.69, 9.17) is 14.6 Å². The molecule has 0 aromatic heterocycles. The highest BCUT2D eigenvalue weighted by molar-refractivity contribution is 5.67. The van der Waals surface area contributed by atoms with Gasteiger partial charge in [-0.25, -0.2) is 0 Å². The number of hydrogen-bond donors (Lipinski definition) is 4. The number of carboxylic acid groups (broad SMARTS) is 1. The summed E-state index contributed by atoms with van der Waals surface area (Å²) in [6, 6.07) is 0. The molecule has 106 valence electrons. The van der Waals surface area contributed by atoms with Gasteiger partial charge in [0.1, 0.15) is 6.10 Å². The fourth-order valence-corrected chi connectivity index (χ4v) is 1.71. The van der Waals surface area contributed by atoms with Crippen LogP contribution in [0.1, 0.15) is 26.7 Å². The van der Waals surface area contributed by atoms with E-state index in [2.05, 4.69) is 0 Å². The second-order valence-electron chi connectivity index (χ2n) is 4.59. The number of aliphatic hydroxyl groups excluding tert-OH is 3. The van der Waals surface area contributed by atoms with E-state index in [1.807, 2.05) is 0 Å². The molecule has 0 aromatic rings. The van der Waals surface area contributed by atoms with Crippen molar-refractivity contribution in [2.75, 3.05) is 0 Å². The average molecular weight is 264 g/mol. The van der Waals surface area contributed by atoms with E-state index in [0.29, 0.717) is 0 Å². The molecule has 0 saturated carbocycles. The van der Waals surface area contributed by atoms with E-state index in [9.17, 15) is 20.1 Å². The molecule has 0 amide bonds. The summed E-state index contributed by atoms with van der Waals surface area (Å²) in [6.45, 7) is 3.14. The summed E-state index contributed by atoms with van der Waals surface area (Å²) in [6.07, 6.45) is -5.52. The third-order valence-corrected chi connectivity index (χ3v) is 2.96. The monoisotopic (exact) mass is 264 g/mol. The van der Waals surface area contributed by atoms with Gasteiger partial charge in [-0.3, -0.25) is 4.79 Å². The van der Waals surface area contributed by atoms with Crippen LogP contribution in [0.25, 0.3) is 0 Å². The largest absolute Gasteiger partial charge is 0.481 e. The van der Waals surface area contributed by atoms with Crippen molar-refractivity contribution in [1.82, 2.24) is 0 Å². The Hall–Kier alpha value is -0.730. The van der Waals surface area contributed by atoms with Gasteiger partial charge in [0, 0.05) is 6.42 Å². The molecule has 0 aliphatic carbocycles. The van der Waals surface area contributed by atoms with Crippen molar-refractivity contribution in [1.29, 1.82) is 0 Å². The van der Waals surface area contributed by atoms with E-state index in [1.165, 1.54) is 6.92 Å². The van der Waals surface area contributed by atoms with E-state index in [-0.39, 0.29) is 6.42 Å². The van der Waals surface area contributed by atoms with Gasteiger partial charge >= 0.3 is 5.97 Å². The number of aliphatic carboxylic acids is 1. The van der Waals surface area contributed by atoms with E-state index in [0.717, 1.165) is 0 Å². The third-order valence-electron chi connectivity index (χ3n) is 2.96. The first kappa shape index (κ1) is 15.3. The Morgan fingerprint density at radius 1 is 1.44 bits per heavy atom. The number of rotatable bonds is 5. The van der Waals surface area contributed by atoms with Crippen molar-refractivity contribution < 1.29 is 34.7 Å². The predicted molar refractivity (Wildman–Crippen MR) is 59.8 cm³/mol. The Balaban J connectivity index is 2.48. The summed E-state index contributed by atoms with van der Waals surface area (Å²) in [5.74, 6) is -1.13. The fourth-order valence-electron chi connectivity index (χ4n) is 1.71. The van der Waals surface area contributed by atoms with Crippen LogP contribution in [0, 0.1) is 0 Å². The molecule has 7 heteroatoms. The summed E-state index contributed by atoms with van der Waals surface area (Å²) in [5.41, 5.74) is 0. The maximum atomic E-state index is 10.4. The molecule has 1 rings (SSSR count). The number of carboxylic acids is 1. The molecular formula is C11H20O7. The first-order valence-electron chi connectivity index (χ1n) is 5.88. The summed E-state index contributed by atoms with van der Waals surface area (Å²) in [7, 11) is 0. The molecule has 1 aliphatic heterocycles. The SMILES string of the molecule is C[C@@H]1O[C@@H](O[C@H](C)[C@@H](O)CC(=O)O)[C@H](O)C[C@H]1O. The summed E-state index contributed by atoms with van der Waals surface area (Å²) in [5, 5.41) is 37.2. The highest BCUT2D eigenvalue weighted by Crippen LogP contribution is 2.22. The quantitative estimate of drug-likeness (QED) is 0.507. The first-order valence-corrected chi connectivity index (χ1v) is 5.88. The lowest BCUT2D eigenvalue weighted by atomic mass is 10.0. The van der Waals surface area contributed by atoms with Crippen LogP contribution in [-0.4, -0.2) is 63.2 Å². The fraction of sp³-hybridized carbons (Fsp3) is 0.909. The van der Waals surface area contributed by atoms with Gasteiger partial charge in [0.15, 0.2) is 6.29 Å². The standard InChI is InChI=1S/C11H20O7/c1-5-7(12)3-9(14)11(17-5)18-6(2)8(13)4-10(15)16/h5-9,11-14H,3-4H2,1-2H3,(H,15,16)/t5-,6+,7+,8-,9+,11-/m0/s1. The Labute approximate surface area is 105 Å². The molecule has 0 unspecified atom stereocenters. The molecular weight excluding hydrogens is 244 g/mol. The third kappa shape index (κ3) is 4.18. The summed E-state index contributed by atoms with van der Waals surface area (Å²) >= 11 is 0. The van der Waals surface area contributed by atoms with Crippen molar-refractivity contribution in [3.63, 3.8) is 0 Å². The number of aliphatic hydroxyl groups is 3. The van der Waals surface area contributed by atoms with Crippen LogP contribution in [-0.2, 0) is 14.3 Å². The van der Waals surface area contributed by atoms with Gasteiger partial charge in [0.25, 0.3) is 0 Å². The summed E-state index contributed by atoms with van der Waals surface area (Å²) in [4.78, 5) is 10.4. The molecule has 1 saturated heterocycles. The topological polar surface area (TPSA) is 116 Å². The second-order valence-corrected chi connectivity index (χ2v) is 4.59. The minimum Gasteiger partial charge on any atom is -0.481 e. The van der Waals surface area contributed by atoms with Gasteiger partial charge in [-0.15, -0.1) is 0 Å². The van der Waals surface area contributed by atoms with Gasteiger partial charge in [-0.1, -0.05) is 0 Å². The van der Waals surface area contributed by atoms with Crippen LogP contribution in [0.4, 0.5) is 0 Å². The Kier molecular flexibility index (Phi) is 5.48. The lowest BCUT2D eigenvalue weighted by molar-refractivity contribution is -0.281. The van der Waals surface area contributed by atoms with Crippen LogP contribution in [0.15, 0.2) is 0 Å². The molecule has 6 atom stereocenters. The molecule has 0 bridgehead atoms. The number of hydrogen-bond acceptors (Lipinski definition) is 6. The molecule has 4 N–H and O–H groups in total. The lowest BCUT2D eigenvalue weighted by Crippen LogP contribution is -2.49. The smallest absolute Gasteiger partial charge is 0.306 e. The highest BCUT2D eigenvalue weighted by Gasteiger charge is 2.36. The highest BCUT2D eigenvalue weighted by atomic mass is 16.7. The van der Waals surface area contributed by atoms with Gasteiger partial charge in [0.05, 0.1) is 30.8 Å². The van der Waals surface area contributed by atoms with Gasteiger partial charge in [0.2, 0.25) is 0 Å². The molecule has 7 nitrogen and oxygen atoms in total. The van der Waals surface area contributed by atoms with Crippen molar-refractivity contribution >= 4 is 5.97 Å². The minimum atomic E-state index is -1.18. The zero-order chi connectivity index (χ0) is 13.9. The molecule has 1 aliphatic rings. The predicted octanol–water partition coefficient (Wildman–Crippen LogP) is -0.916. The Bertz CT molecular complexity index is 283. The Morgan fingerprint density at radius 2 is 2.06 bits per heavy atom. The van der Waals surface area contributed by atoms with Crippen molar-refractivity contribution in [2.24, 2.45) is 0 Å². The molecule has 18 heavy (non-hydrogen) atoms. The van der Waals surface area contributed by atoms with Crippen LogP contribution in [0.3, 0.4) is 0 Å². The zero-order valence-corrected chi connectivity index (χ0v) is 10.4. The van der Waals surface area contributed by atoms with Crippen molar-refractivity contribution in [3.8, 4) is 0 Å². The maximum Gasteiger partial charge on any atom is 0.306 e. The van der Waals surface area contributed by atoms with Crippen LogP contribution < -0.4 is 0 Å². The first-order chi connectivity index (χ1) is 8.31. The number of ether oxygens (including phenoxy) is 2. The van der Waals surface area contributed by atoms with Crippen LogP contribution >= 0.6 is 0 Å². The lowest BCUT2D eigenvalue weighted by Gasteiger charge is -2.37.